The summed E-state index contributed by atoms with van der Waals surface area (Å²) in [7, 11) is 0. The summed E-state index contributed by atoms with van der Waals surface area (Å²) in [5, 5.41) is 9.99. The molecule has 1 unspecified atom stereocenters. The lowest BCUT2D eigenvalue weighted by Crippen LogP contribution is -2.39. The van der Waals surface area contributed by atoms with Gasteiger partial charge in [0.1, 0.15) is 23.7 Å². The number of aliphatic carboxylic acids is 1. The first kappa shape index (κ1) is 23.8. The number of amides is 1. The van der Waals surface area contributed by atoms with E-state index in [4.69, 9.17) is 16.3 Å². The first-order valence-corrected chi connectivity index (χ1v) is 11.4. The Morgan fingerprint density at radius 1 is 1.09 bits per heavy atom. The second kappa shape index (κ2) is 9.85. The smallest absolute Gasteiger partial charge is 0.323 e. The number of carbonyl (C=O) groups is 2. The Morgan fingerprint density at radius 2 is 1.85 bits per heavy atom. The minimum absolute atomic E-state index is 0.00432. The molecule has 0 radical (unpaired) electrons. The lowest BCUT2D eigenvalue weighted by atomic mass is 9.87. The zero-order valence-electron chi connectivity index (χ0n) is 18.8. The molecule has 1 heterocycles. The number of hydrogen-bond donors (Lipinski definition) is 1. The van der Waals surface area contributed by atoms with Crippen molar-refractivity contribution in [3.63, 3.8) is 0 Å². The maximum Gasteiger partial charge on any atom is 0.323 e. The van der Waals surface area contributed by atoms with Gasteiger partial charge in [0.25, 0.3) is 5.91 Å². The highest BCUT2D eigenvalue weighted by Gasteiger charge is 2.32. The highest BCUT2D eigenvalue weighted by atomic mass is 35.5. The maximum absolute atomic E-state index is 13.6. The van der Waals surface area contributed by atoms with Crippen molar-refractivity contribution in [3.8, 4) is 5.75 Å². The van der Waals surface area contributed by atoms with E-state index in [1.165, 1.54) is 23.1 Å². The van der Waals surface area contributed by atoms with Gasteiger partial charge in [0.2, 0.25) is 0 Å². The molecule has 3 aromatic rings. The molecule has 0 fully saturated rings. The highest BCUT2D eigenvalue weighted by Crippen LogP contribution is 2.36. The van der Waals surface area contributed by atoms with E-state index in [2.05, 4.69) is 6.92 Å². The molecular formula is C27H25ClFNO4. The minimum Gasteiger partial charge on any atom is -0.487 e. The van der Waals surface area contributed by atoms with E-state index in [9.17, 15) is 19.1 Å². The van der Waals surface area contributed by atoms with Crippen LogP contribution in [-0.4, -0.2) is 34.0 Å². The molecule has 0 aliphatic carbocycles. The fraction of sp³-hybridized carbons (Fsp3) is 0.259. The summed E-state index contributed by atoms with van der Waals surface area (Å²) in [6.45, 7) is 1.58. The third-order valence-corrected chi connectivity index (χ3v) is 6.21. The van der Waals surface area contributed by atoms with Crippen molar-refractivity contribution in [2.45, 2.75) is 38.3 Å². The molecule has 0 bridgehead atoms. The fourth-order valence-corrected chi connectivity index (χ4v) is 4.41. The van der Waals surface area contributed by atoms with Crippen molar-refractivity contribution in [1.29, 1.82) is 0 Å². The van der Waals surface area contributed by atoms with Crippen LogP contribution in [0.25, 0.3) is 0 Å². The highest BCUT2D eigenvalue weighted by molar-refractivity contribution is 6.30. The Balaban J connectivity index is 1.51. The standard InChI is InChI=1S/C27H25ClFNO4/c1-27(15-18-5-8-22(28)9-6-18)12-11-20-14-21(7-10-24(20)34-27)26(33)30(17-25(31)32)16-19-3-2-4-23(29)13-19/h2-10,13-14H,11-12,15-17H2,1H3,(H,31,32). The van der Waals surface area contributed by atoms with Gasteiger partial charge in [-0.15, -0.1) is 0 Å². The molecule has 5 nitrogen and oxygen atoms in total. The number of nitrogens with zero attached hydrogens (tertiary/aromatic N) is 1. The number of ether oxygens (including phenoxy) is 1. The van der Waals surface area contributed by atoms with E-state index in [1.807, 2.05) is 24.3 Å². The minimum atomic E-state index is -1.14. The molecule has 0 spiro atoms. The summed E-state index contributed by atoms with van der Waals surface area (Å²) in [5.41, 5.74) is 2.54. The van der Waals surface area contributed by atoms with Gasteiger partial charge in [0.15, 0.2) is 0 Å². The largest absolute Gasteiger partial charge is 0.487 e. The van der Waals surface area contributed by atoms with E-state index in [0.717, 1.165) is 30.4 Å². The molecule has 0 aromatic heterocycles. The van der Waals surface area contributed by atoms with Crippen LogP contribution in [0.2, 0.25) is 5.02 Å². The van der Waals surface area contributed by atoms with Gasteiger partial charge >= 0.3 is 5.97 Å². The van der Waals surface area contributed by atoms with Gasteiger partial charge in [-0.25, -0.2) is 4.39 Å². The van der Waals surface area contributed by atoms with Crippen LogP contribution < -0.4 is 4.74 Å². The van der Waals surface area contributed by atoms with E-state index in [-0.39, 0.29) is 12.1 Å². The molecule has 1 atom stereocenters. The van der Waals surface area contributed by atoms with Crippen LogP contribution in [-0.2, 0) is 24.2 Å². The Kier molecular flexibility index (Phi) is 6.89. The Morgan fingerprint density at radius 3 is 2.56 bits per heavy atom. The SMILES string of the molecule is CC1(Cc2ccc(Cl)cc2)CCc2cc(C(=O)N(CC(=O)O)Cc3cccc(F)c3)ccc2O1. The van der Waals surface area contributed by atoms with Gasteiger partial charge in [-0.2, -0.15) is 0 Å². The first-order chi connectivity index (χ1) is 16.2. The second-order valence-corrected chi connectivity index (χ2v) is 9.30. The number of fused-ring (bicyclic) bond motifs is 1. The number of aryl methyl sites for hydroxylation is 1. The summed E-state index contributed by atoms with van der Waals surface area (Å²) in [6.07, 6.45) is 2.22. The lowest BCUT2D eigenvalue weighted by Gasteiger charge is -2.36. The number of carboxylic acids is 1. The number of halogens is 2. The van der Waals surface area contributed by atoms with Crippen LogP contribution in [0.15, 0.2) is 66.7 Å². The molecule has 1 N–H and O–H groups in total. The Bertz CT molecular complexity index is 1210. The van der Waals surface area contributed by atoms with Gasteiger partial charge in [-0.3, -0.25) is 9.59 Å². The number of carbonyl (C=O) groups excluding carboxylic acids is 1. The van der Waals surface area contributed by atoms with Crippen LogP contribution in [0.4, 0.5) is 4.39 Å². The summed E-state index contributed by atoms with van der Waals surface area (Å²) >= 11 is 5.99. The van der Waals surface area contributed by atoms with E-state index >= 15 is 0 Å². The maximum atomic E-state index is 13.6. The molecule has 0 saturated carbocycles. The van der Waals surface area contributed by atoms with Crippen molar-refractivity contribution >= 4 is 23.5 Å². The van der Waals surface area contributed by atoms with E-state index < -0.39 is 24.2 Å². The first-order valence-electron chi connectivity index (χ1n) is 11.0. The molecule has 4 rings (SSSR count). The quantitative estimate of drug-likeness (QED) is 0.481. The van der Waals surface area contributed by atoms with Crippen LogP contribution >= 0.6 is 11.6 Å². The van der Waals surface area contributed by atoms with Gasteiger partial charge in [-0.1, -0.05) is 35.9 Å². The van der Waals surface area contributed by atoms with E-state index in [0.29, 0.717) is 21.9 Å². The molecule has 34 heavy (non-hydrogen) atoms. The van der Waals surface area contributed by atoms with Crippen molar-refractivity contribution < 1.29 is 23.8 Å². The number of carboxylic acid groups (broad SMARTS) is 1. The second-order valence-electron chi connectivity index (χ2n) is 8.86. The van der Waals surface area contributed by atoms with E-state index in [1.54, 1.807) is 24.3 Å². The number of hydrogen-bond acceptors (Lipinski definition) is 3. The zero-order valence-corrected chi connectivity index (χ0v) is 19.5. The Hall–Kier alpha value is -3.38. The summed E-state index contributed by atoms with van der Waals surface area (Å²) in [4.78, 5) is 25.8. The molecule has 3 aromatic carbocycles. The predicted octanol–water partition coefficient (Wildman–Crippen LogP) is 5.53. The summed E-state index contributed by atoms with van der Waals surface area (Å²) < 4.78 is 19.9. The summed E-state index contributed by atoms with van der Waals surface area (Å²) in [5.74, 6) is -1.28. The van der Waals surface area contributed by atoms with Crippen molar-refractivity contribution in [2.24, 2.45) is 0 Å². The molecule has 0 saturated heterocycles. The van der Waals surface area contributed by atoms with Gasteiger partial charge in [0, 0.05) is 23.6 Å². The lowest BCUT2D eigenvalue weighted by molar-refractivity contribution is -0.137. The molecule has 1 aliphatic heterocycles. The molecule has 1 amide bonds. The topological polar surface area (TPSA) is 66.8 Å². The average Bonchev–Trinajstić information content (AvgIpc) is 2.79. The van der Waals surface area contributed by atoms with Gasteiger partial charge in [-0.05, 0) is 78.9 Å². The Labute approximate surface area is 202 Å². The molecule has 176 valence electrons. The van der Waals surface area contributed by atoms with Crippen LogP contribution in [0.3, 0.4) is 0 Å². The third kappa shape index (κ3) is 5.75. The van der Waals surface area contributed by atoms with Gasteiger partial charge < -0.3 is 14.7 Å². The fourth-order valence-electron chi connectivity index (χ4n) is 4.28. The van der Waals surface area contributed by atoms with Crippen LogP contribution in [0, 0.1) is 5.82 Å². The van der Waals surface area contributed by atoms with Crippen molar-refractivity contribution in [3.05, 3.63) is 99.8 Å². The third-order valence-electron chi connectivity index (χ3n) is 5.95. The molecule has 1 aliphatic rings. The van der Waals surface area contributed by atoms with Crippen molar-refractivity contribution in [1.82, 2.24) is 4.90 Å². The summed E-state index contributed by atoms with van der Waals surface area (Å²) in [6, 6.07) is 18.7. The van der Waals surface area contributed by atoms with Crippen LogP contribution in [0.1, 0.15) is 40.4 Å². The monoisotopic (exact) mass is 481 g/mol. The molecule has 7 heteroatoms. The molecular weight excluding hydrogens is 457 g/mol. The zero-order chi connectivity index (χ0) is 24.3. The average molecular weight is 482 g/mol. The number of benzene rings is 3. The predicted molar refractivity (Wildman–Crippen MR) is 128 cm³/mol. The van der Waals surface area contributed by atoms with Crippen LogP contribution in [0.5, 0.6) is 5.75 Å². The number of rotatable bonds is 7. The van der Waals surface area contributed by atoms with Crippen molar-refractivity contribution in [2.75, 3.05) is 6.54 Å². The van der Waals surface area contributed by atoms with Gasteiger partial charge in [0.05, 0.1) is 0 Å². The normalized spacial score (nSPS) is 16.9.